The molecule has 1 fully saturated rings. The molecular weight excluding hydrogens is 383 g/mol. The number of halogens is 1. The second-order valence-corrected chi connectivity index (χ2v) is 7.19. The van der Waals surface area contributed by atoms with Gasteiger partial charge in [-0.25, -0.2) is 9.38 Å². The van der Waals surface area contributed by atoms with Crippen LogP contribution in [0, 0.1) is 5.82 Å². The molecule has 162 valence electrons. The normalized spacial score (nSPS) is 14.9. The number of ether oxygens (including phenoxy) is 2. The number of piperazine rings is 1. The third kappa shape index (κ3) is 6.71. The first kappa shape index (κ1) is 22.1. The van der Waals surface area contributed by atoms with Gasteiger partial charge >= 0.3 is 0 Å². The van der Waals surface area contributed by atoms with E-state index in [9.17, 15) is 4.39 Å². The zero-order chi connectivity index (χ0) is 21.2. The molecule has 0 spiro atoms. The maximum atomic E-state index is 13.1. The highest BCUT2D eigenvalue weighted by atomic mass is 19.1. The molecule has 1 saturated heterocycles. The largest absolute Gasteiger partial charge is 0.379 e. The lowest BCUT2D eigenvalue weighted by Gasteiger charge is -2.36. The lowest BCUT2D eigenvalue weighted by atomic mass is 10.1. The fourth-order valence-corrected chi connectivity index (χ4v) is 3.39. The Kier molecular flexibility index (Phi) is 8.47. The Morgan fingerprint density at radius 3 is 2.43 bits per heavy atom. The van der Waals surface area contributed by atoms with Crippen molar-refractivity contribution in [2.75, 3.05) is 50.9 Å². The Morgan fingerprint density at radius 2 is 1.70 bits per heavy atom. The van der Waals surface area contributed by atoms with E-state index in [-0.39, 0.29) is 5.82 Å². The van der Waals surface area contributed by atoms with Crippen LogP contribution in [0.15, 0.2) is 53.5 Å². The summed E-state index contributed by atoms with van der Waals surface area (Å²) in [7, 11) is 0. The van der Waals surface area contributed by atoms with Gasteiger partial charge in [0.1, 0.15) is 5.82 Å². The number of aliphatic imine (C=N–C) groups is 1. The molecule has 0 aliphatic carbocycles. The average Bonchev–Trinajstić information content (AvgIpc) is 2.78. The van der Waals surface area contributed by atoms with Gasteiger partial charge in [-0.15, -0.1) is 0 Å². The predicted octanol–water partition coefficient (Wildman–Crippen LogP) is 3.02. The fraction of sp³-hybridized carbons (Fsp3) is 0.435. The van der Waals surface area contributed by atoms with E-state index < -0.39 is 0 Å². The summed E-state index contributed by atoms with van der Waals surface area (Å²) in [6.07, 6.45) is 0. The van der Waals surface area contributed by atoms with Crippen molar-refractivity contribution in [2.45, 2.75) is 20.1 Å². The molecule has 2 aromatic rings. The molecule has 0 amide bonds. The van der Waals surface area contributed by atoms with Gasteiger partial charge in [0, 0.05) is 38.5 Å². The van der Waals surface area contributed by atoms with Crippen molar-refractivity contribution in [1.82, 2.24) is 4.90 Å². The lowest BCUT2D eigenvalue weighted by molar-refractivity contribution is 0.0453. The second kappa shape index (κ2) is 11.5. The maximum Gasteiger partial charge on any atom is 0.191 e. The molecule has 0 radical (unpaired) electrons. The first-order valence-electron chi connectivity index (χ1n) is 10.4. The van der Waals surface area contributed by atoms with E-state index in [1.165, 1.54) is 12.1 Å². The van der Waals surface area contributed by atoms with Crippen molar-refractivity contribution in [3.05, 3.63) is 65.5 Å². The SMILES string of the molecule is CCOCCOCc1cccc(CN=C(N)N2CCN(c3ccc(F)cc3)CC2)c1. The quantitative estimate of drug-likeness (QED) is 0.388. The molecule has 0 aromatic heterocycles. The topological polar surface area (TPSA) is 63.3 Å². The van der Waals surface area contributed by atoms with Crippen LogP contribution in [-0.4, -0.2) is 56.9 Å². The molecule has 1 aliphatic rings. The summed E-state index contributed by atoms with van der Waals surface area (Å²) in [6, 6.07) is 14.8. The Labute approximate surface area is 178 Å². The van der Waals surface area contributed by atoms with Crippen LogP contribution < -0.4 is 10.6 Å². The molecule has 0 bridgehead atoms. The zero-order valence-electron chi connectivity index (χ0n) is 17.6. The molecule has 7 heteroatoms. The summed E-state index contributed by atoms with van der Waals surface area (Å²) < 4.78 is 24.0. The predicted molar refractivity (Wildman–Crippen MR) is 118 cm³/mol. The van der Waals surface area contributed by atoms with Crippen molar-refractivity contribution in [2.24, 2.45) is 10.7 Å². The average molecular weight is 415 g/mol. The third-order valence-electron chi connectivity index (χ3n) is 5.06. The van der Waals surface area contributed by atoms with Gasteiger partial charge in [-0.1, -0.05) is 24.3 Å². The van der Waals surface area contributed by atoms with Crippen LogP contribution in [0.1, 0.15) is 18.1 Å². The van der Waals surface area contributed by atoms with Gasteiger partial charge < -0.3 is 25.0 Å². The van der Waals surface area contributed by atoms with Crippen LogP contribution in [0.25, 0.3) is 0 Å². The van der Waals surface area contributed by atoms with E-state index in [1.807, 2.05) is 37.3 Å². The van der Waals surface area contributed by atoms with Crippen LogP contribution in [0.5, 0.6) is 0 Å². The number of nitrogens with zero attached hydrogens (tertiary/aromatic N) is 3. The summed E-state index contributed by atoms with van der Waals surface area (Å²) in [5.74, 6) is 0.349. The summed E-state index contributed by atoms with van der Waals surface area (Å²) >= 11 is 0. The Hall–Kier alpha value is -2.64. The minimum absolute atomic E-state index is 0.213. The van der Waals surface area contributed by atoms with E-state index in [0.29, 0.717) is 38.9 Å². The summed E-state index contributed by atoms with van der Waals surface area (Å²) in [6.45, 7) is 8.23. The molecule has 0 unspecified atom stereocenters. The maximum absolute atomic E-state index is 13.1. The number of hydrogen-bond donors (Lipinski definition) is 1. The van der Waals surface area contributed by atoms with Gasteiger partial charge in [0.2, 0.25) is 0 Å². The van der Waals surface area contributed by atoms with Crippen molar-refractivity contribution in [3.63, 3.8) is 0 Å². The van der Waals surface area contributed by atoms with E-state index in [0.717, 1.165) is 43.0 Å². The molecule has 2 N–H and O–H groups in total. The smallest absolute Gasteiger partial charge is 0.191 e. The van der Waals surface area contributed by atoms with Gasteiger partial charge in [-0.2, -0.15) is 0 Å². The van der Waals surface area contributed by atoms with Gasteiger partial charge in [-0.3, -0.25) is 0 Å². The van der Waals surface area contributed by atoms with Crippen molar-refractivity contribution < 1.29 is 13.9 Å². The van der Waals surface area contributed by atoms with Crippen molar-refractivity contribution in [1.29, 1.82) is 0 Å². The summed E-state index contributed by atoms with van der Waals surface area (Å²) in [4.78, 5) is 8.91. The lowest BCUT2D eigenvalue weighted by Crippen LogP contribution is -2.51. The highest BCUT2D eigenvalue weighted by molar-refractivity contribution is 5.78. The van der Waals surface area contributed by atoms with Gasteiger partial charge in [0.15, 0.2) is 5.96 Å². The third-order valence-corrected chi connectivity index (χ3v) is 5.06. The van der Waals surface area contributed by atoms with Crippen LogP contribution in [-0.2, 0) is 22.6 Å². The zero-order valence-corrected chi connectivity index (χ0v) is 17.6. The number of nitrogens with two attached hydrogens (primary N) is 1. The molecule has 3 rings (SSSR count). The van der Waals surface area contributed by atoms with Crippen LogP contribution >= 0.6 is 0 Å². The van der Waals surface area contributed by atoms with Crippen LogP contribution in [0.3, 0.4) is 0 Å². The van der Waals surface area contributed by atoms with Crippen molar-refractivity contribution >= 4 is 11.6 Å². The van der Waals surface area contributed by atoms with E-state index >= 15 is 0 Å². The Morgan fingerprint density at radius 1 is 1.00 bits per heavy atom. The minimum atomic E-state index is -0.213. The molecule has 30 heavy (non-hydrogen) atoms. The fourth-order valence-electron chi connectivity index (χ4n) is 3.39. The molecule has 2 aromatic carbocycles. The Bertz CT molecular complexity index is 805. The van der Waals surface area contributed by atoms with Crippen LogP contribution in [0.4, 0.5) is 10.1 Å². The molecule has 0 atom stereocenters. The molecule has 1 heterocycles. The van der Waals surface area contributed by atoms with E-state index in [4.69, 9.17) is 15.2 Å². The van der Waals surface area contributed by atoms with Gasteiger partial charge in [0.25, 0.3) is 0 Å². The molecule has 0 saturated carbocycles. The second-order valence-electron chi connectivity index (χ2n) is 7.19. The summed E-state index contributed by atoms with van der Waals surface area (Å²) in [5, 5.41) is 0. The highest BCUT2D eigenvalue weighted by Gasteiger charge is 2.18. The summed E-state index contributed by atoms with van der Waals surface area (Å²) in [5.41, 5.74) is 9.49. The van der Waals surface area contributed by atoms with E-state index in [1.54, 1.807) is 0 Å². The van der Waals surface area contributed by atoms with Gasteiger partial charge in [-0.05, 0) is 42.3 Å². The Balaban J connectivity index is 1.46. The standard InChI is InChI=1S/C23H31FN4O2/c1-2-29-14-15-30-18-20-5-3-4-19(16-20)17-26-23(25)28-12-10-27(11-13-28)22-8-6-21(24)7-9-22/h3-9,16H,2,10-15,17-18H2,1H3,(H2,25,26). The van der Waals surface area contributed by atoms with Crippen LogP contribution in [0.2, 0.25) is 0 Å². The monoisotopic (exact) mass is 414 g/mol. The number of benzene rings is 2. The number of guanidine groups is 1. The van der Waals surface area contributed by atoms with Gasteiger partial charge in [0.05, 0.1) is 26.4 Å². The number of anilines is 1. The molecule has 1 aliphatic heterocycles. The van der Waals surface area contributed by atoms with Crippen molar-refractivity contribution in [3.8, 4) is 0 Å². The first-order valence-corrected chi connectivity index (χ1v) is 10.4. The highest BCUT2D eigenvalue weighted by Crippen LogP contribution is 2.17. The molecule has 6 nitrogen and oxygen atoms in total. The first-order chi connectivity index (χ1) is 14.7. The number of rotatable bonds is 9. The number of hydrogen-bond acceptors (Lipinski definition) is 4. The van der Waals surface area contributed by atoms with E-state index in [2.05, 4.69) is 20.9 Å². The minimum Gasteiger partial charge on any atom is -0.379 e. The molecular formula is C23H31FN4O2.